The van der Waals surface area contributed by atoms with E-state index in [0.29, 0.717) is 12.1 Å². The maximum Gasteiger partial charge on any atom is 0.338 e. The lowest BCUT2D eigenvalue weighted by Gasteiger charge is -2.23. The molecule has 33 heavy (non-hydrogen) atoms. The Kier molecular flexibility index (Phi) is 7.22. The zero-order chi connectivity index (χ0) is 24.2. The number of aryl methyl sites for hydroxylation is 1. The van der Waals surface area contributed by atoms with Crippen molar-refractivity contribution in [2.24, 2.45) is 5.73 Å². The fraction of sp³-hybridized carbons (Fsp3) is 0.318. The molecule has 0 atom stereocenters. The number of nitrogens with two attached hydrogens (primary N) is 1. The number of nitrogen functional groups attached to an aromatic ring is 1. The van der Waals surface area contributed by atoms with Gasteiger partial charge in [-0.3, -0.25) is 18.8 Å². The molecule has 3 N–H and O–H groups in total. The zero-order valence-corrected chi connectivity index (χ0v) is 19.2. The number of benzene rings is 2. The summed E-state index contributed by atoms with van der Waals surface area (Å²) in [4.78, 5) is 23.4. The summed E-state index contributed by atoms with van der Waals surface area (Å²) in [6, 6.07) is 11.2. The summed E-state index contributed by atoms with van der Waals surface area (Å²) >= 11 is 0. The van der Waals surface area contributed by atoms with Crippen molar-refractivity contribution in [3.05, 3.63) is 59.2 Å². The molecule has 0 unspecified atom stereocenters. The van der Waals surface area contributed by atoms with Crippen LogP contribution in [0.3, 0.4) is 0 Å². The molecule has 1 aliphatic heterocycles. The number of hydrogen-bond donors (Lipinski definition) is 2. The van der Waals surface area contributed by atoms with E-state index in [-0.39, 0.29) is 54.7 Å². The van der Waals surface area contributed by atoms with Gasteiger partial charge < -0.3 is 15.2 Å². The van der Waals surface area contributed by atoms with Crippen LogP contribution in [0.2, 0.25) is 0 Å². The van der Waals surface area contributed by atoms with Crippen LogP contribution in [0.25, 0.3) is 0 Å². The minimum Gasteiger partial charge on any atom is -0.469 e. The van der Waals surface area contributed by atoms with Gasteiger partial charge in [0.25, 0.3) is 0 Å². The molecule has 0 saturated carbocycles. The second kappa shape index (κ2) is 9.90. The third-order valence-corrected chi connectivity index (χ3v) is 7.09. The minimum atomic E-state index is -3.95. The van der Waals surface area contributed by atoms with Gasteiger partial charge in [-0.05, 0) is 49.2 Å². The number of carbonyl (C=O) groups excluding carboxylic acids is 2. The normalized spacial score (nSPS) is 14.7. The van der Waals surface area contributed by atoms with Gasteiger partial charge in [-0.1, -0.05) is 12.1 Å². The fourth-order valence-electron chi connectivity index (χ4n) is 3.53. The molecule has 0 spiro atoms. The predicted molar refractivity (Wildman–Crippen MR) is 124 cm³/mol. The standard InChI is InChI=1S/C22H26N4O6S/c1-3-32-22(28)16-7-10-19(18(14-16)21(23)24)26-13-12-25(33(26,29)30)17-8-4-15(5-9-17)6-11-20(27)31-2/h4-5,7-10,14H,3,6,11-13H2,1-2H3,(H3,23,24). The van der Waals surface area contributed by atoms with Crippen LogP contribution in [0.5, 0.6) is 0 Å². The largest absolute Gasteiger partial charge is 0.469 e. The van der Waals surface area contributed by atoms with Crippen LogP contribution < -0.4 is 14.3 Å². The number of carbonyl (C=O) groups is 2. The monoisotopic (exact) mass is 474 g/mol. The second-order valence-corrected chi connectivity index (χ2v) is 9.04. The molecule has 0 radical (unpaired) electrons. The molecule has 2 aromatic rings. The number of nitrogens with zero attached hydrogens (tertiary/aromatic N) is 2. The van der Waals surface area contributed by atoms with Crippen LogP contribution in [0, 0.1) is 5.41 Å². The van der Waals surface area contributed by atoms with E-state index in [2.05, 4.69) is 4.74 Å². The first-order chi connectivity index (χ1) is 15.7. The van der Waals surface area contributed by atoms with Crippen LogP contribution in [0.4, 0.5) is 11.4 Å². The molecule has 10 nitrogen and oxygen atoms in total. The Bertz CT molecular complexity index is 1160. The third kappa shape index (κ3) is 5.08. The maximum absolute atomic E-state index is 13.3. The quantitative estimate of drug-likeness (QED) is 0.337. The van der Waals surface area contributed by atoms with Gasteiger partial charge in [0.05, 0.1) is 43.7 Å². The number of amidine groups is 1. The van der Waals surface area contributed by atoms with Crippen molar-refractivity contribution in [2.75, 3.05) is 35.4 Å². The molecule has 3 rings (SSSR count). The van der Waals surface area contributed by atoms with E-state index < -0.39 is 16.2 Å². The Labute approximate surface area is 192 Å². The summed E-state index contributed by atoms with van der Waals surface area (Å²) in [6.45, 7) is 2.20. The van der Waals surface area contributed by atoms with Crippen molar-refractivity contribution in [3.8, 4) is 0 Å². The SMILES string of the molecule is CCOC(=O)c1ccc(N2CCN(c3ccc(CCC(=O)OC)cc3)S2(=O)=O)c(C(=N)N)c1. The van der Waals surface area contributed by atoms with E-state index in [0.717, 1.165) is 5.56 Å². The first-order valence-corrected chi connectivity index (χ1v) is 11.7. The Morgan fingerprint density at radius 1 is 1.09 bits per heavy atom. The molecule has 11 heteroatoms. The molecule has 1 aliphatic rings. The van der Waals surface area contributed by atoms with E-state index in [1.807, 2.05) is 0 Å². The predicted octanol–water partition coefficient (Wildman–Crippen LogP) is 1.82. The van der Waals surface area contributed by atoms with E-state index in [4.69, 9.17) is 15.9 Å². The Morgan fingerprint density at radius 2 is 1.76 bits per heavy atom. The smallest absolute Gasteiger partial charge is 0.338 e. The number of nitrogens with one attached hydrogen (secondary N) is 1. The van der Waals surface area contributed by atoms with Gasteiger partial charge in [-0.25, -0.2) is 4.79 Å². The fourth-order valence-corrected chi connectivity index (χ4v) is 5.18. The number of ether oxygens (including phenoxy) is 2. The lowest BCUT2D eigenvalue weighted by molar-refractivity contribution is -0.140. The molecule has 0 bridgehead atoms. The highest BCUT2D eigenvalue weighted by Crippen LogP contribution is 2.32. The van der Waals surface area contributed by atoms with Crippen molar-refractivity contribution in [2.45, 2.75) is 19.8 Å². The number of hydrogen-bond acceptors (Lipinski definition) is 7. The summed E-state index contributed by atoms with van der Waals surface area (Å²) in [5.74, 6) is -1.25. The second-order valence-electron chi connectivity index (χ2n) is 7.26. The van der Waals surface area contributed by atoms with Crippen LogP contribution in [0.15, 0.2) is 42.5 Å². The minimum absolute atomic E-state index is 0.129. The van der Waals surface area contributed by atoms with Gasteiger partial charge in [-0.2, -0.15) is 8.42 Å². The summed E-state index contributed by atoms with van der Waals surface area (Å²) < 4.78 is 38.7. The molecular formula is C22H26N4O6S. The highest BCUT2D eigenvalue weighted by molar-refractivity contribution is 7.94. The van der Waals surface area contributed by atoms with Crippen molar-refractivity contribution in [3.63, 3.8) is 0 Å². The number of esters is 2. The molecule has 176 valence electrons. The van der Waals surface area contributed by atoms with Crippen molar-refractivity contribution < 1.29 is 27.5 Å². The van der Waals surface area contributed by atoms with Gasteiger partial charge in [0.1, 0.15) is 5.84 Å². The summed E-state index contributed by atoms with van der Waals surface area (Å²) in [7, 11) is -2.62. The van der Waals surface area contributed by atoms with Crippen LogP contribution in [-0.4, -0.2) is 53.0 Å². The van der Waals surface area contributed by atoms with Gasteiger partial charge >= 0.3 is 22.1 Å². The topological polar surface area (TPSA) is 143 Å². The molecule has 1 fully saturated rings. The van der Waals surface area contributed by atoms with E-state index in [1.54, 1.807) is 31.2 Å². The molecule has 0 aromatic heterocycles. The molecule has 0 aliphatic carbocycles. The molecule has 1 saturated heterocycles. The number of methoxy groups -OCH3 is 1. The van der Waals surface area contributed by atoms with Gasteiger partial charge in [0.2, 0.25) is 0 Å². The number of rotatable bonds is 8. The lowest BCUT2D eigenvalue weighted by Crippen LogP contribution is -2.34. The van der Waals surface area contributed by atoms with Crippen LogP contribution in [0.1, 0.15) is 34.8 Å². The summed E-state index contributed by atoms with van der Waals surface area (Å²) in [5, 5.41) is 7.89. The maximum atomic E-state index is 13.3. The molecule has 2 aromatic carbocycles. The Hall–Kier alpha value is -3.60. The summed E-state index contributed by atoms with van der Waals surface area (Å²) in [5.41, 5.74) is 7.58. The zero-order valence-electron chi connectivity index (χ0n) is 18.4. The molecular weight excluding hydrogens is 448 g/mol. The summed E-state index contributed by atoms with van der Waals surface area (Å²) in [6.07, 6.45) is 0.724. The van der Waals surface area contributed by atoms with E-state index >= 15 is 0 Å². The van der Waals surface area contributed by atoms with Gasteiger partial charge in [0.15, 0.2) is 0 Å². The molecule has 0 amide bonds. The Balaban J connectivity index is 1.86. The van der Waals surface area contributed by atoms with Gasteiger partial charge in [0, 0.05) is 12.0 Å². The first-order valence-electron chi connectivity index (χ1n) is 10.3. The van der Waals surface area contributed by atoms with E-state index in [1.165, 1.54) is 33.9 Å². The average Bonchev–Trinajstić information content (AvgIpc) is 3.11. The van der Waals surface area contributed by atoms with Crippen molar-refractivity contribution >= 4 is 39.4 Å². The van der Waals surface area contributed by atoms with Gasteiger partial charge in [-0.15, -0.1) is 0 Å². The van der Waals surface area contributed by atoms with E-state index in [9.17, 15) is 18.0 Å². The van der Waals surface area contributed by atoms with Crippen molar-refractivity contribution in [1.82, 2.24) is 0 Å². The Morgan fingerprint density at radius 3 is 2.36 bits per heavy atom. The van der Waals surface area contributed by atoms with Crippen molar-refractivity contribution in [1.29, 1.82) is 5.41 Å². The van der Waals surface area contributed by atoms with Crippen LogP contribution in [-0.2, 0) is 30.9 Å². The third-order valence-electron chi connectivity index (χ3n) is 5.20. The first kappa shape index (κ1) is 24.1. The number of anilines is 2. The highest BCUT2D eigenvalue weighted by Gasteiger charge is 2.38. The average molecular weight is 475 g/mol. The van der Waals surface area contributed by atoms with Crippen LogP contribution >= 0.6 is 0 Å². The highest BCUT2D eigenvalue weighted by atomic mass is 32.2. The lowest BCUT2D eigenvalue weighted by atomic mass is 10.1. The molecule has 1 heterocycles.